The molecule has 0 unspecified atom stereocenters. The van der Waals surface area contributed by atoms with Gasteiger partial charge in [0.05, 0.1) is 6.61 Å². The molecule has 0 saturated carbocycles. The molecule has 0 atom stereocenters. The molecule has 0 radical (unpaired) electrons. The van der Waals surface area contributed by atoms with Gasteiger partial charge in [0.25, 0.3) is 0 Å². The molecule has 11 heavy (non-hydrogen) atoms. The molecule has 2 nitrogen and oxygen atoms in total. The average Bonchev–Trinajstić information content (AvgIpc) is 1.96. The third-order valence-electron chi connectivity index (χ3n) is 1.40. The fourth-order valence-electron chi connectivity index (χ4n) is 0.745. The van der Waals surface area contributed by atoms with E-state index >= 15 is 0 Å². The molecule has 0 saturated heterocycles. The van der Waals surface area contributed by atoms with Gasteiger partial charge in [0.15, 0.2) is 0 Å². The molecule has 0 aromatic carbocycles. The fourth-order valence-corrected chi connectivity index (χ4v) is 0.745. The van der Waals surface area contributed by atoms with E-state index in [0.717, 1.165) is 13.2 Å². The van der Waals surface area contributed by atoms with Gasteiger partial charge in [-0.3, -0.25) is 0 Å². The van der Waals surface area contributed by atoms with Crippen molar-refractivity contribution in [3.05, 3.63) is 0 Å². The second-order valence-electron chi connectivity index (χ2n) is 3.31. The molecule has 2 heteroatoms. The Labute approximate surface area is 70.3 Å². The lowest BCUT2D eigenvalue weighted by Gasteiger charge is -2.06. The van der Waals surface area contributed by atoms with Gasteiger partial charge >= 0.3 is 0 Å². The molecule has 68 valence electrons. The zero-order valence-electron chi connectivity index (χ0n) is 8.02. The van der Waals surface area contributed by atoms with Crippen molar-refractivity contribution in [2.24, 2.45) is 5.92 Å². The lowest BCUT2D eigenvalue weighted by molar-refractivity contribution is 0.0232. The van der Waals surface area contributed by atoms with Gasteiger partial charge in [-0.15, -0.1) is 0 Å². The summed E-state index contributed by atoms with van der Waals surface area (Å²) < 4.78 is 0. The van der Waals surface area contributed by atoms with Crippen molar-refractivity contribution >= 4 is 0 Å². The Kier molecular flexibility index (Phi) is 7.96. The molecule has 0 spiro atoms. The second kappa shape index (κ2) is 8.02. The second-order valence-corrected chi connectivity index (χ2v) is 3.31. The predicted octanol–water partition coefficient (Wildman–Crippen LogP) is 2.35. The van der Waals surface area contributed by atoms with Gasteiger partial charge in [0.1, 0.15) is 0 Å². The van der Waals surface area contributed by atoms with Crippen LogP contribution in [0.25, 0.3) is 0 Å². The third-order valence-corrected chi connectivity index (χ3v) is 1.40. The molecule has 0 aromatic rings. The van der Waals surface area contributed by atoms with Crippen LogP contribution in [0, 0.1) is 5.92 Å². The normalized spacial score (nSPS) is 10.9. The SMILES string of the molecule is CCCCCNOCC(C)C. The van der Waals surface area contributed by atoms with Crippen molar-refractivity contribution in [1.29, 1.82) is 0 Å². The molecule has 0 aliphatic rings. The molecule has 0 rings (SSSR count). The van der Waals surface area contributed by atoms with Crippen LogP contribution in [0.5, 0.6) is 0 Å². The van der Waals surface area contributed by atoms with Crippen molar-refractivity contribution in [2.45, 2.75) is 40.0 Å². The van der Waals surface area contributed by atoms with Crippen LogP contribution in [-0.4, -0.2) is 13.2 Å². The van der Waals surface area contributed by atoms with Crippen LogP contribution < -0.4 is 5.48 Å². The third kappa shape index (κ3) is 9.92. The number of nitrogens with one attached hydrogen (secondary N) is 1. The van der Waals surface area contributed by atoms with E-state index in [2.05, 4.69) is 26.3 Å². The van der Waals surface area contributed by atoms with Crippen LogP contribution >= 0.6 is 0 Å². The van der Waals surface area contributed by atoms with Gasteiger partial charge in [-0.25, -0.2) is 5.48 Å². The first-order valence-corrected chi connectivity index (χ1v) is 4.62. The van der Waals surface area contributed by atoms with Crippen molar-refractivity contribution < 1.29 is 4.84 Å². The van der Waals surface area contributed by atoms with Crippen LogP contribution in [0.4, 0.5) is 0 Å². The molecule has 0 bridgehead atoms. The van der Waals surface area contributed by atoms with E-state index in [1.807, 2.05) is 0 Å². The highest BCUT2D eigenvalue weighted by Gasteiger charge is 1.92. The molecular formula is C9H21NO. The van der Waals surface area contributed by atoms with Crippen LogP contribution in [0.3, 0.4) is 0 Å². The largest absolute Gasteiger partial charge is 0.302 e. The Morgan fingerprint density at radius 2 is 2.00 bits per heavy atom. The molecule has 0 heterocycles. The highest BCUT2D eigenvalue weighted by Crippen LogP contribution is 1.92. The Hall–Kier alpha value is -0.0800. The number of unbranched alkanes of at least 4 members (excludes halogenated alkanes) is 2. The minimum atomic E-state index is 0.619. The van der Waals surface area contributed by atoms with E-state index in [-0.39, 0.29) is 0 Å². The van der Waals surface area contributed by atoms with E-state index in [0.29, 0.717) is 5.92 Å². The topological polar surface area (TPSA) is 21.3 Å². The molecule has 1 N–H and O–H groups in total. The van der Waals surface area contributed by atoms with Crippen LogP contribution in [0.1, 0.15) is 40.0 Å². The van der Waals surface area contributed by atoms with Crippen LogP contribution in [0.15, 0.2) is 0 Å². The van der Waals surface area contributed by atoms with Crippen molar-refractivity contribution in [3.63, 3.8) is 0 Å². The lowest BCUT2D eigenvalue weighted by Crippen LogP contribution is -2.18. The maximum atomic E-state index is 5.19. The Bertz CT molecular complexity index is 74.0. The quantitative estimate of drug-likeness (QED) is 0.455. The van der Waals surface area contributed by atoms with E-state index in [1.54, 1.807) is 0 Å². The lowest BCUT2D eigenvalue weighted by atomic mass is 10.2. The number of hydroxylamine groups is 1. The molecular weight excluding hydrogens is 138 g/mol. The summed E-state index contributed by atoms with van der Waals surface area (Å²) in [5, 5.41) is 0. The number of rotatable bonds is 7. The van der Waals surface area contributed by atoms with E-state index in [9.17, 15) is 0 Å². The maximum absolute atomic E-state index is 5.19. The molecule has 0 aliphatic heterocycles. The molecule has 0 fully saturated rings. The van der Waals surface area contributed by atoms with Crippen LogP contribution in [-0.2, 0) is 4.84 Å². The van der Waals surface area contributed by atoms with Crippen molar-refractivity contribution in [2.75, 3.05) is 13.2 Å². The number of hydrogen-bond donors (Lipinski definition) is 1. The van der Waals surface area contributed by atoms with Crippen molar-refractivity contribution in [1.82, 2.24) is 5.48 Å². The summed E-state index contributed by atoms with van der Waals surface area (Å²) in [6.45, 7) is 8.29. The first-order chi connectivity index (χ1) is 5.27. The predicted molar refractivity (Wildman–Crippen MR) is 48.3 cm³/mol. The first-order valence-electron chi connectivity index (χ1n) is 4.62. The zero-order valence-corrected chi connectivity index (χ0v) is 8.02. The average molecular weight is 159 g/mol. The van der Waals surface area contributed by atoms with E-state index in [1.165, 1.54) is 19.3 Å². The summed E-state index contributed by atoms with van der Waals surface area (Å²) in [6.07, 6.45) is 3.78. The number of hydrogen-bond acceptors (Lipinski definition) is 2. The Morgan fingerprint density at radius 3 is 2.55 bits per heavy atom. The monoisotopic (exact) mass is 159 g/mol. The summed E-state index contributed by atoms with van der Waals surface area (Å²) in [7, 11) is 0. The summed E-state index contributed by atoms with van der Waals surface area (Å²) in [5.74, 6) is 0.619. The maximum Gasteiger partial charge on any atom is 0.0705 e. The summed E-state index contributed by atoms with van der Waals surface area (Å²) in [5.41, 5.74) is 2.95. The van der Waals surface area contributed by atoms with Gasteiger partial charge in [-0.05, 0) is 12.3 Å². The summed E-state index contributed by atoms with van der Waals surface area (Å²) in [4.78, 5) is 5.19. The molecule has 0 aromatic heterocycles. The summed E-state index contributed by atoms with van der Waals surface area (Å²) in [6, 6.07) is 0. The van der Waals surface area contributed by atoms with E-state index < -0.39 is 0 Å². The highest BCUT2D eigenvalue weighted by molar-refractivity contribution is 4.40. The first kappa shape index (κ1) is 10.9. The summed E-state index contributed by atoms with van der Waals surface area (Å²) >= 11 is 0. The van der Waals surface area contributed by atoms with Crippen molar-refractivity contribution in [3.8, 4) is 0 Å². The smallest absolute Gasteiger partial charge is 0.0705 e. The minimum absolute atomic E-state index is 0.619. The fraction of sp³-hybridized carbons (Fsp3) is 1.00. The van der Waals surface area contributed by atoms with Gasteiger partial charge < -0.3 is 4.84 Å². The molecule has 0 amide bonds. The van der Waals surface area contributed by atoms with Gasteiger partial charge in [-0.2, -0.15) is 0 Å². The molecule has 0 aliphatic carbocycles. The zero-order chi connectivity index (χ0) is 8.53. The van der Waals surface area contributed by atoms with Gasteiger partial charge in [0.2, 0.25) is 0 Å². The van der Waals surface area contributed by atoms with Gasteiger partial charge in [0, 0.05) is 6.54 Å². The Balaban J connectivity index is 2.80. The minimum Gasteiger partial charge on any atom is -0.302 e. The standard InChI is InChI=1S/C9H21NO/c1-4-5-6-7-10-11-8-9(2)3/h9-10H,4-8H2,1-3H3. The van der Waals surface area contributed by atoms with E-state index in [4.69, 9.17) is 4.84 Å². The van der Waals surface area contributed by atoms with Gasteiger partial charge in [-0.1, -0.05) is 33.6 Å². The Morgan fingerprint density at radius 1 is 1.27 bits per heavy atom. The van der Waals surface area contributed by atoms with Crippen LogP contribution in [0.2, 0.25) is 0 Å². The highest BCUT2D eigenvalue weighted by atomic mass is 16.6.